The Kier molecular flexibility index (Phi) is 6.28. The maximum atomic E-state index is 11.5. The molecule has 1 aromatic heterocycles. The van der Waals surface area contributed by atoms with E-state index < -0.39 is 48.2 Å². The van der Waals surface area contributed by atoms with E-state index in [9.17, 15) is 15.0 Å². The molecule has 4 atom stereocenters. The highest BCUT2D eigenvalue weighted by Crippen LogP contribution is 2.27. The van der Waals surface area contributed by atoms with Gasteiger partial charge in [0, 0.05) is 0 Å². The molecular formula is C8H14N4O8S. The first-order chi connectivity index (χ1) is 9.77. The molecule has 1 aromatic rings. The van der Waals surface area contributed by atoms with Crippen LogP contribution in [-0.2, 0) is 16.1 Å². The largest absolute Gasteiger partial charge is 0.394 e. The molecule has 1 aliphatic rings. The molecule has 13 heteroatoms. The average Bonchev–Trinajstić information content (AvgIpc) is 2.66. The summed E-state index contributed by atoms with van der Waals surface area (Å²) in [5, 5.41) is 28.1. The molecule has 0 aromatic carbocycles. The van der Waals surface area contributed by atoms with E-state index in [2.05, 4.69) is 9.97 Å². The maximum absolute atomic E-state index is 11.5. The number of nitrogen functional groups attached to an aromatic ring is 1. The summed E-state index contributed by atoms with van der Waals surface area (Å²) in [6, 6.07) is 0. The van der Waals surface area contributed by atoms with E-state index in [-0.39, 0.29) is 5.95 Å². The fourth-order valence-electron chi connectivity index (χ4n) is 1.64. The number of rotatable bonds is 2. The van der Waals surface area contributed by atoms with Crippen molar-refractivity contribution in [3.63, 3.8) is 0 Å². The lowest BCUT2D eigenvalue weighted by Crippen LogP contribution is -2.36. The minimum Gasteiger partial charge on any atom is -0.394 e. The van der Waals surface area contributed by atoms with E-state index in [1.54, 1.807) is 0 Å². The predicted molar refractivity (Wildman–Crippen MR) is 67.1 cm³/mol. The number of nitrogens with two attached hydrogens (primary N) is 1. The molecule has 120 valence electrons. The summed E-state index contributed by atoms with van der Waals surface area (Å²) in [5.74, 6) is -0.196. The van der Waals surface area contributed by atoms with Gasteiger partial charge in [-0.05, 0) is 0 Å². The summed E-state index contributed by atoms with van der Waals surface area (Å²) < 4.78 is 28.9. The van der Waals surface area contributed by atoms with Gasteiger partial charge in [-0.3, -0.25) is 13.7 Å². The molecule has 2 heterocycles. The number of hydrogen-bond donors (Lipinski definition) is 6. The number of hydrogen-bond acceptors (Lipinski definition) is 9. The molecule has 7 N–H and O–H groups in total. The molecule has 0 saturated carbocycles. The molecule has 21 heavy (non-hydrogen) atoms. The maximum Gasteiger partial charge on any atom is 0.354 e. The van der Waals surface area contributed by atoms with Gasteiger partial charge in [-0.1, -0.05) is 0 Å². The Morgan fingerprint density at radius 1 is 1.38 bits per heavy atom. The van der Waals surface area contributed by atoms with Crippen molar-refractivity contribution in [3.8, 4) is 0 Å². The summed E-state index contributed by atoms with van der Waals surface area (Å²) in [6.45, 7) is -0.473. The van der Waals surface area contributed by atoms with Crippen molar-refractivity contribution in [2.45, 2.75) is 24.5 Å². The second-order valence-electron chi connectivity index (χ2n) is 3.86. The van der Waals surface area contributed by atoms with Crippen LogP contribution >= 0.6 is 0 Å². The van der Waals surface area contributed by atoms with Crippen molar-refractivity contribution in [1.82, 2.24) is 14.5 Å². The lowest BCUT2D eigenvalue weighted by Gasteiger charge is -2.16. The molecule has 1 saturated heterocycles. The number of ether oxygens (including phenoxy) is 1. The fraction of sp³-hybridized carbons (Fsp3) is 0.625. The first-order valence-corrected chi connectivity index (χ1v) is 6.47. The number of nitrogens with zero attached hydrogens (tertiary/aromatic N) is 3. The van der Waals surface area contributed by atoms with E-state index in [1.807, 2.05) is 0 Å². The second kappa shape index (κ2) is 7.51. The van der Waals surface area contributed by atoms with Crippen LogP contribution in [0.5, 0.6) is 0 Å². The van der Waals surface area contributed by atoms with Crippen molar-refractivity contribution >= 4 is 17.3 Å². The zero-order chi connectivity index (χ0) is 16.2. The summed E-state index contributed by atoms with van der Waals surface area (Å²) in [5.41, 5.74) is 4.46. The van der Waals surface area contributed by atoms with Gasteiger partial charge >= 0.3 is 5.69 Å². The minimum atomic E-state index is -2.61. The zero-order valence-electron chi connectivity index (χ0n) is 10.4. The highest BCUT2D eigenvalue weighted by atomic mass is 32.2. The Morgan fingerprint density at radius 3 is 2.38 bits per heavy atom. The Hall–Kier alpha value is -1.48. The number of aliphatic hydroxyl groups is 3. The lowest BCUT2D eigenvalue weighted by atomic mass is 10.1. The van der Waals surface area contributed by atoms with Crippen LogP contribution in [0.1, 0.15) is 6.23 Å². The monoisotopic (exact) mass is 326 g/mol. The van der Waals surface area contributed by atoms with Gasteiger partial charge in [0.1, 0.15) is 24.6 Å². The summed E-state index contributed by atoms with van der Waals surface area (Å²) in [6.07, 6.45) is -3.67. The first kappa shape index (κ1) is 17.6. The molecule has 0 spiro atoms. The van der Waals surface area contributed by atoms with E-state index in [4.69, 9.17) is 28.9 Å². The zero-order valence-corrected chi connectivity index (χ0v) is 11.2. The summed E-state index contributed by atoms with van der Waals surface area (Å²) in [7, 11) is 0. The van der Waals surface area contributed by atoms with Gasteiger partial charge in [-0.2, -0.15) is 9.19 Å². The van der Waals surface area contributed by atoms with Gasteiger partial charge in [0.05, 0.1) is 6.61 Å². The van der Waals surface area contributed by atoms with E-state index >= 15 is 0 Å². The molecular weight excluding hydrogens is 312 g/mol. The van der Waals surface area contributed by atoms with Gasteiger partial charge in [0.2, 0.25) is 5.95 Å². The smallest absolute Gasteiger partial charge is 0.354 e. The van der Waals surface area contributed by atoms with Gasteiger partial charge in [0.25, 0.3) is 11.4 Å². The molecule has 0 amide bonds. The standard InChI is InChI=1S/C8H12N4O5.H2O3S/c9-7-10-2-12(8(16)11-7)6-5(15)4(14)3(1-13)17-6;1-4(2)3/h2-6,13-15H,1H2,(H2,9,11,16);(H2,1,2,3)/t3-,4-,5-,6-;/m1./s1. The first-order valence-electron chi connectivity index (χ1n) is 5.41. The topological polar surface area (TPSA) is 201 Å². The Bertz CT molecular complexity index is 549. The van der Waals surface area contributed by atoms with Crippen LogP contribution in [0, 0.1) is 0 Å². The molecule has 0 unspecified atom stereocenters. The van der Waals surface area contributed by atoms with E-state index in [0.29, 0.717) is 0 Å². The molecule has 12 nitrogen and oxygen atoms in total. The van der Waals surface area contributed by atoms with Crippen molar-refractivity contribution in [1.29, 1.82) is 0 Å². The quantitative estimate of drug-likeness (QED) is 0.294. The number of anilines is 1. The Morgan fingerprint density at radius 2 is 1.95 bits per heavy atom. The summed E-state index contributed by atoms with van der Waals surface area (Å²) >= 11 is -2.61. The molecule has 0 aliphatic carbocycles. The van der Waals surface area contributed by atoms with Crippen LogP contribution in [0.15, 0.2) is 11.1 Å². The van der Waals surface area contributed by atoms with Crippen LogP contribution in [0.3, 0.4) is 0 Å². The van der Waals surface area contributed by atoms with E-state index in [0.717, 1.165) is 10.9 Å². The third-order valence-electron chi connectivity index (χ3n) is 2.54. The van der Waals surface area contributed by atoms with Gasteiger partial charge < -0.3 is 25.8 Å². The lowest BCUT2D eigenvalue weighted by molar-refractivity contribution is -0.0554. The normalized spacial score (nSPS) is 28.3. The van der Waals surface area contributed by atoms with E-state index in [1.165, 1.54) is 0 Å². The molecule has 1 aliphatic heterocycles. The van der Waals surface area contributed by atoms with Crippen LogP contribution in [0.2, 0.25) is 0 Å². The number of aliphatic hydroxyl groups excluding tert-OH is 3. The molecule has 1 fully saturated rings. The molecule has 0 bridgehead atoms. The average molecular weight is 326 g/mol. The molecule has 0 radical (unpaired) electrons. The minimum absolute atomic E-state index is 0.196. The van der Waals surface area contributed by atoms with Crippen molar-refractivity contribution < 1.29 is 33.4 Å². The third-order valence-corrected chi connectivity index (χ3v) is 2.54. The van der Waals surface area contributed by atoms with Crippen LogP contribution in [-0.4, -0.2) is 68.1 Å². The summed E-state index contributed by atoms with van der Waals surface area (Å²) in [4.78, 5) is 18.4. The Balaban J connectivity index is 0.000000491. The number of aromatic nitrogens is 3. The van der Waals surface area contributed by atoms with Crippen LogP contribution in [0.25, 0.3) is 0 Å². The van der Waals surface area contributed by atoms with Crippen molar-refractivity contribution in [3.05, 3.63) is 16.8 Å². The highest BCUT2D eigenvalue weighted by molar-refractivity contribution is 7.73. The molecule has 2 rings (SSSR count). The van der Waals surface area contributed by atoms with Crippen molar-refractivity contribution in [2.24, 2.45) is 0 Å². The van der Waals surface area contributed by atoms with Crippen molar-refractivity contribution in [2.75, 3.05) is 12.3 Å². The highest BCUT2D eigenvalue weighted by Gasteiger charge is 2.43. The fourth-order valence-corrected chi connectivity index (χ4v) is 1.64. The van der Waals surface area contributed by atoms with Crippen LogP contribution in [0.4, 0.5) is 5.95 Å². The third kappa shape index (κ3) is 4.50. The van der Waals surface area contributed by atoms with Gasteiger partial charge in [-0.15, -0.1) is 0 Å². The van der Waals surface area contributed by atoms with Gasteiger partial charge in [0.15, 0.2) is 6.23 Å². The predicted octanol–water partition coefficient (Wildman–Crippen LogP) is -3.49. The Labute approximate surface area is 120 Å². The second-order valence-corrected chi connectivity index (χ2v) is 4.33. The SMILES string of the molecule is Nc1ncn([C@@H]2O[C@H](CO)[C@@H](O)[C@H]2O)c(=O)n1.O=S(O)O. The van der Waals surface area contributed by atoms with Crippen LogP contribution < -0.4 is 11.4 Å². The van der Waals surface area contributed by atoms with Gasteiger partial charge in [-0.25, -0.2) is 9.78 Å².